The molecule has 1 aromatic carbocycles. The van der Waals surface area contributed by atoms with Crippen molar-refractivity contribution < 1.29 is 14.3 Å². The quantitative estimate of drug-likeness (QED) is 0.292. The number of rotatable bonds is 6. The van der Waals surface area contributed by atoms with E-state index < -0.39 is 12.4 Å². The van der Waals surface area contributed by atoms with Gasteiger partial charge in [-0.1, -0.05) is 20.8 Å². The predicted molar refractivity (Wildman–Crippen MR) is 173 cm³/mol. The van der Waals surface area contributed by atoms with Gasteiger partial charge >= 0.3 is 0 Å². The number of carbonyl (C=O) groups is 1. The Balaban J connectivity index is 1.22. The molecule has 2 aliphatic heterocycles. The molecule has 4 aromatic rings. The Hall–Kier alpha value is -4.02. The largest absolute Gasteiger partial charge is 0.392 e. The van der Waals surface area contributed by atoms with Crippen LogP contribution >= 0.6 is 11.3 Å². The fourth-order valence-corrected chi connectivity index (χ4v) is 8.49. The highest BCUT2D eigenvalue weighted by Crippen LogP contribution is 2.46. The number of aliphatic hydroxyl groups is 1. The lowest BCUT2D eigenvalue weighted by Gasteiger charge is -2.38. The van der Waals surface area contributed by atoms with Crippen LogP contribution in [-0.4, -0.2) is 40.2 Å². The van der Waals surface area contributed by atoms with Crippen molar-refractivity contribution in [2.24, 2.45) is 18.4 Å². The van der Waals surface area contributed by atoms with Crippen LogP contribution in [0.25, 0.3) is 11.1 Å². The smallest absolute Gasteiger partial charge is 0.274 e. The number of halogens is 1. The van der Waals surface area contributed by atoms with Crippen LogP contribution in [0.4, 0.5) is 27.3 Å². The topological polar surface area (TPSA) is 90.7 Å². The minimum Gasteiger partial charge on any atom is -0.392 e. The lowest BCUT2D eigenvalue weighted by Crippen LogP contribution is -2.45. The Kier molecular flexibility index (Phi) is 6.89. The number of carbonyl (C=O) groups excluding carboxylic acids is 1. The van der Waals surface area contributed by atoms with E-state index in [4.69, 9.17) is 0 Å². The SMILES string of the molecule is CC1CN(c2ccc(Nc3cc(-c4cc(F)cc(N5CCc6c(sc7c6CC(C)(C)C7)C5=O)c4CO)cn(C)c3=O)nc2)C1. The molecule has 1 aliphatic carbocycles. The highest BCUT2D eigenvalue weighted by Gasteiger charge is 2.38. The molecule has 0 radical (unpaired) electrons. The molecule has 0 bridgehead atoms. The zero-order valence-electron chi connectivity index (χ0n) is 25.4. The van der Waals surface area contributed by atoms with E-state index in [-0.39, 0.29) is 22.6 Å². The maximum atomic E-state index is 15.3. The number of amides is 1. The van der Waals surface area contributed by atoms with Gasteiger partial charge in [0.15, 0.2) is 0 Å². The predicted octanol–water partition coefficient (Wildman–Crippen LogP) is 5.67. The van der Waals surface area contributed by atoms with Crippen molar-refractivity contribution in [3.8, 4) is 11.1 Å². The molecule has 0 atom stereocenters. The Morgan fingerprint density at radius 2 is 1.93 bits per heavy atom. The Morgan fingerprint density at radius 3 is 2.64 bits per heavy atom. The number of fused-ring (bicyclic) bond motifs is 3. The van der Waals surface area contributed by atoms with Crippen molar-refractivity contribution in [1.82, 2.24) is 9.55 Å². The molecule has 0 saturated carbocycles. The average molecular weight is 614 g/mol. The standard InChI is InChI=1S/C34H36FN5O3S/c1-19-15-39(16-19)22-5-6-30(36-14-22)37-27-9-20(17-38(4)32(27)42)24-10-21(35)11-28(26(24)18-41)40-8-7-23-25-12-34(2,3)13-29(25)44-31(23)33(40)43/h5-6,9-11,14,17,19,41H,7-8,12-13,15-16,18H2,1-4H3,(H,36,37). The lowest BCUT2D eigenvalue weighted by atomic mass is 9.89. The molecule has 2 N–H and O–H groups in total. The molecule has 7 rings (SSSR count). The maximum absolute atomic E-state index is 15.3. The van der Waals surface area contributed by atoms with Gasteiger partial charge in [-0.25, -0.2) is 9.37 Å². The van der Waals surface area contributed by atoms with Crippen molar-refractivity contribution in [2.45, 2.75) is 46.6 Å². The summed E-state index contributed by atoms with van der Waals surface area (Å²) in [5.41, 5.74) is 5.43. The van der Waals surface area contributed by atoms with Crippen LogP contribution in [0, 0.1) is 17.2 Å². The number of aromatic nitrogens is 2. The Morgan fingerprint density at radius 1 is 1.14 bits per heavy atom. The summed E-state index contributed by atoms with van der Waals surface area (Å²) in [6.07, 6.45) is 6.02. The second-order valence-corrected chi connectivity index (χ2v) is 14.3. The highest BCUT2D eigenvalue weighted by molar-refractivity contribution is 7.14. The van der Waals surface area contributed by atoms with Crippen molar-refractivity contribution >= 4 is 40.1 Å². The molecule has 3 aliphatic rings. The van der Waals surface area contributed by atoms with Gasteiger partial charge in [0.05, 0.1) is 29.1 Å². The first-order valence-corrected chi connectivity index (χ1v) is 15.9. The molecular weight excluding hydrogens is 577 g/mol. The van der Waals surface area contributed by atoms with Crippen LogP contribution in [0.2, 0.25) is 0 Å². The second-order valence-electron chi connectivity index (χ2n) is 13.2. The van der Waals surface area contributed by atoms with Crippen LogP contribution in [-0.2, 0) is 32.9 Å². The van der Waals surface area contributed by atoms with E-state index in [1.54, 1.807) is 41.7 Å². The molecule has 1 saturated heterocycles. The number of pyridine rings is 2. The average Bonchev–Trinajstić information content (AvgIpc) is 3.46. The Labute approximate surface area is 259 Å². The number of hydrogen-bond acceptors (Lipinski definition) is 7. The maximum Gasteiger partial charge on any atom is 0.274 e. The van der Waals surface area contributed by atoms with E-state index in [9.17, 15) is 14.7 Å². The number of nitrogens with one attached hydrogen (secondary N) is 1. The van der Waals surface area contributed by atoms with E-state index >= 15 is 4.39 Å². The molecule has 1 fully saturated rings. The van der Waals surface area contributed by atoms with Crippen LogP contribution in [0.5, 0.6) is 0 Å². The second kappa shape index (κ2) is 10.6. The van der Waals surface area contributed by atoms with E-state index in [1.807, 2.05) is 12.1 Å². The monoisotopic (exact) mass is 613 g/mol. The van der Waals surface area contributed by atoms with Gasteiger partial charge in [-0.05, 0) is 77.6 Å². The van der Waals surface area contributed by atoms with E-state index in [0.29, 0.717) is 47.1 Å². The summed E-state index contributed by atoms with van der Waals surface area (Å²) >= 11 is 1.56. The number of nitrogens with zero attached hydrogens (tertiary/aromatic N) is 4. The van der Waals surface area contributed by atoms with Crippen LogP contribution in [0.3, 0.4) is 0 Å². The third kappa shape index (κ3) is 4.90. The normalized spacial score (nSPS) is 17.5. The van der Waals surface area contributed by atoms with Crippen molar-refractivity contribution in [2.75, 3.05) is 34.8 Å². The summed E-state index contributed by atoms with van der Waals surface area (Å²) in [5, 5.41) is 13.7. The minimum absolute atomic E-state index is 0.153. The van der Waals surface area contributed by atoms with Gasteiger partial charge in [0.1, 0.15) is 17.3 Å². The number of aryl methyl sites for hydroxylation is 1. The highest BCUT2D eigenvalue weighted by atomic mass is 32.1. The van der Waals surface area contributed by atoms with E-state index in [1.165, 1.54) is 27.1 Å². The zero-order chi connectivity index (χ0) is 30.9. The number of hydrogen-bond donors (Lipinski definition) is 2. The fraction of sp³-hybridized carbons (Fsp3) is 0.382. The first-order chi connectivity index (χ1) is 21.0. The molecule has 0 spiro atoms. The Bertz CT molecular complexity index is 1860. The molecule has 228 valence electrons. The first kappa shape index (κ1) is 28.7. The molecule has 10 heteroatoms. The van der Waals surface area contributed by atoms with E-state index in [2.05, 4.69) is 36.0 Å². The van der Waals surface area contributed by atoms with Gasteiger partial charge in [-0.2, -0.15) is 0 Å². The van der Waals surface area contributed by atoms with Gasteiger partial charge in [0.25, 0.3) is 11.5 Å². The molecule has 44 heavy (non-hydrogen) atoms. The van der Waals surface area contributed by atoms with E-state index in [0.717, 1.165) is 42.1 Å². The van der Waals surface area contributed by atoms with Gasteiger partial charge < -0.3 is 24.8 Å². The molecule has 1 amide bonds. The van der Waals surface area contributed by atoms with Crippen LogP contribution < -0.4 is 20.7 Å². The fourth-order valence-electron chi connectivity index (χ4n) is 6.92. The third-order valence-corrected chi connectivity index (χ3v) is 10.4. The number of thiophene rings is 1. The summed E-state index contributed by atoms with van der Waals surface area (Å²) in [6.45, 7) is 8.72. The summed E-state index contributed by atoms with van der Waals surface area (Å²) in [6, 6.07) is 8.13. The molecular formula is C34H36FN5O3S. The third-order valence-electron chi connectivity index (χ3n) is 9.09. The molecule has 3 aromatic heterocycles. The molecule has 5 heterocycles. The van der Waals surface area contributed by atoms with Crippen molar-refractivity contribution in [3.63, 3.8) is 0 Å². The minimum atomic E-state index is -0.526. The summed E-state index contributed by atoms with van der Waals surface area (Å²) < 4.78 is 16.7. The zero-order valence-corrected chi connectivity index (χ0v) is 26.2. The number of aliphatic hydroxyl groups excluding tert-OH is 1. The number of benzene rings is 1. The summed E-state index contributed by atoms with van der Waals surface area (Å²) in [4.78, 5) is 37.3. The molecule has 8 nitrogen and oxygen atoms in total. The summed E-state index contributed by atoms with van der Waals surface area (Å²) in [7, 11) is 1.63. The first-order valence-electron chi connectivity index (χ1n) is 15.1. The van der Waals surface area contributed by atoms with Gasteiger partial charge in [0.2, 0.25) is 0 Å². The lowest BCUT2D eigenvalue weighted by molar-refractivity contribution is 0.0984. The van der Waals surface area contributed by atoms with Crippen molar-refractivity contribution in [1.29, 1.82) is 0 Å². The van der Waals surface area contributed by atoms with Gasteiger partial charge in [0, 0.05) is 48.9 Å². The van der Waals surface area contributed by atoms with Gasteiger partial charge in [-0.15, -0.1) is 11.3 Å². The van der Waals surface area contributed by atoms with Gasteiger partial charge in [-0.3, -0.25) is 9.59 Å². The van der Waals surface area contributed by atoms with Crippen LogP contribution in [0.1, 0.15) is 52.0 Å². The molecule has 0 unspecified atom stereocenters. The van der Waals surface area contributed by atoms with Crippen LogP contribution in [0.15, 0.2) is 47.5 Å². The number of anilines is 4. The summed E-state index contributed by atoms with van der Waals surface area (Å²) in [5.74, 6) is 0.502. The van der Waals surface area contributed by atoms with Crippen molar-refractivity contribution in [3.05, 3.63) is 85.3 Å².